The van der Waals surface area contributed by atoms with E-state index in [0.717, 1.165) is 24.7 Å². The molecule has 0 bridgehead atoms. The number of hydrogen-bond donors (Lipinski definition) is 1. The Morgan fingerprint density at radius 3 is 3.18 bits per heavy atom. The molecule has 96 valence electrons. The van der Waals surface area contributed by atoms with Gasteiger partial charge in [0.2, 0.25) is 0 Å². The fraction of sp³-hybridized carbons (Fsp3) is 0.769. The maximum atomic E-state index is 5.64. The summed E-state index contributed by atoms with van der Waals surface area (Å²) in [5.74, 6) is 1.39. The zero-order chi connectivity index (χ0) is 12.3. The first kappa shape index (κ1) is 12.6. The van der Waals surface area contributed by atoms with Gasteiger partial charge < -0.3 is 14.6 Å². The Hall–Kier alpha value is -0.870. The first-order valence-corrected chi connectivity index (χ1v) is 6.59. The molecule has 1 aromatic rings. The number of likely N-dealkylation sites (N-methyl/N-ethyl adjacent to an activating group) is 1. The number of nitrogens with one attached hydrogen (secondary N) is 1. The highest BCUT2D eigenvalue weighted by Crippen LogP contribution is 2.27. The number of nitrogens with zero attached hydrogens (tertiary/aromatic N) is 2. The molecule has 17 heavy (non-hydrogen) atoms. The van der Waals surface area contributed by atoms with Gasteiger partial charge in [0.25, 0.3) is 0 Å². The van der Waals surface area contributed by atoms with Gasteiger partial charge in [0.1, 0.15) is 6.26 Å². The summed E-state index contributed by atoms with van der Waals surface area (Å²) in [7, 11) is 1.94. The average molecular weight is 237 g/mol. The molecule has 2 atom stereocenters. The van der Waals surface area contributed by atoms with Crippen molar-refractivity contribution in [3.8, 4) is 0 Å². The van der Waals surface area contributed by atoms with E-state index < -0.39 is 0 Å². The molecule has 0 amide bonds. The highest BCUT2D eigenvalue weighted by molar-refractivity contribution is 5.06. The monoisotopic (exact) mass is 237 g/mol. The molecule has 1 aliphatic heterocycles. The van der Waals surface area contributed by atoms with Crippen molar-refractivity contribution in [2.24, 2.45) is 0 Å². The van der Waals surface area contributed by atoms with Crippen molar-refractivity contribution in [2.75, 3.05) is 26.7 Å². The van der Waals surface area contributed by atoms with Gasteiger partial charge in [-0.05, 0) is 39.9 Å². The molecule has 0 radical (unpaired) electrons. The van der Waals surface area contributed by atoms with E-state index in [4.69, 9.17) is 4.42 Å². The van der Waals surface area contributed by atoms with Crippen LogP contribution in [0.5, 0.6) is 0 Å². The molecule has 2 heterocycles. The van der Waals surface area contributed by atoms with Crippen LogP contribution in [0.2, 0.25) is 0 Å². The Balaban J connectivity index is 2.04. The smallest absolute Gasteiger partial charge is 0.198 e. The Bertz CT molecular complexity index is 350. The number of aromatic nitrogens is 1. The quantitative estimate of drug-likeness (QED) is 0.871. The predicted molar refractivity (Wildman–Crippen MR) is 68.1 cm³/mol. The fourth-order valence-corrected chi connectivity index (χ4v) is 2.38. The summed E-state index contributed by atoms with van der Waals surface area (Å²) in [6.07, 6.45) is 4.24. The molecule has 1 saturated heterocycles. The summed E-state index contributed by atoms with van der Waals surface area (Å²) in [5, 5.41) is 3.18. The van der Waals surface area contributed by atoms with Gasteiger partial charge in [-0.25, -0.2) is 4.98 Å². The van der Waals surface area contributed by atoms with Crippen molar-refractivity contribution < 1.29 is 4.42 Å². The molecule has 1 fully saturated rings. The summed E-state index contributed by atoms with van der Waals surface area (Å²) in [6, 6.07) is 0.262. The van der Waals surface area contributed by atoms with Gasteiger partial charge in [0, 0.05) is 18.5 Å². The van der Waals surface area contributed by atoms with Crippen LogP contribution in [0.25, 0.3) is 0 Å². The van der Waals surface area contributed by atoms with Crippen molar-refractivity contribution >= 4 is 0 Å². The number of hydrogen-bond acceptors (Lipinski definition) is 4. The SMILES string of the molecule is CCN1CCCC(c2nc(C(C)NC)co2)C1. The molecule has 1 N–H and O–H groups in total. The summed E-state index contributed by atoms with van der Waals surface area (Å²) in [4.78, 5) is 7.09. The van der Waals surface area contributed by atoms with Gasteiger partial charge in [-0.3, -0.25) is 0 Å². The Morgan fingerprint density at radius 1 is 1.65 bits per heavy atom. The lowest BCUT2D eigenvalue weighted by Gasteiger charge is -2.29. The van der Waals surface area contributed by atoms with Gasteiger partial charge in [0.05, 0.1) is 5.69 Å². The van der Waals surface area contributed by atoms with Gasteiger partial charge in [-0.1, -0.05) is 6.92 Å². The van der Waals surface area contributed by atoms with Crippen molar-refractivity contribution in [3.63, 3.8) is 0 Å². The molecular formula is C13H23N3O. The third kappa shape index (κ3) is 2.87. The maximum Gasteiger partial charge on any atom is 0.198 e. The third-order valence-corrected chi connectivity index (χ3v) is 3.72. The van der Waals surface area contributed by atoms with E-state index in [-0.39, 0.29) is 6.04 Å². The van der Waals surface area contributed by atoms with Crippen LogP contribution in [0, 0.1) is 0 Å². The highest BCUT2D eigenvalue weighted by Gasteiger charge is 2.24. The van der Waals surface area contributed by atoms with Gasteiger partial charge >= 0.3 is 0 Å². The summed E-state index contributed by atoms with van der Waals surface area (Å²) < 4.78 is 5.64. The average Bonchev–Trinajstić information content (AvgIpc) is 2.87. The third-order valence-electron chi connectivity index (χ3n) is 3.72. The van der Waals surface area contributed by atoms with E-state index in [2.05, 4.69) is 29.0 Å². The summed E-state index contributed by atoms with van der Waals surface area (Å²) in [5.41, 5.74) is 1.01. The van der Waals surface area contributed by atoms with Crippen molar-refractivity contribution in [2.45, 2.75) is 38.6 Å². The zero-order valence-corrected chi connectivity index (χ0v) is 11.1. The van der Waals surface area contributed by atoms with Gasteiger partial charge in [0.15, 0.2) is 5.89 Å². The van der Waals surface area contributed by atoms with Crippen molar-refractivity contribution in [1.29, 1.82) is 0 Å². The molecular weight excluding hydrogens is 214 g/mol. The van der Waals surface area contributed by atoms with E-state index >= 15 is 0 Å². The Morgan fingerprint density at radius 2 is 2.47 bits per heavy atom. The zero-order valence-electron chi connectivity index (χ0n) is 11.1. The van der Waals surface area contributed by atoms with Crippen molar-refractivity contribution in [1.82, 2.24) is 15.2 Å². The van der Waals surface area contributed by atoms with Crippen molar-refractivity contribution in [3.05, 3.63) is 17.8 Å². The van der Waals surface area contributed by atoms with Crippen LogP contribution >= 0.6 is 0 Å². The number of piperidine rings is 1. The van der Waals surface area contributed by atoms with E-state index in [1.54, 1.807) is 6.26 Å². The number of rotatable bonds is 4. The number of oxazole rings is 1. The number of likely N-dealkylation sites (tertiary alicyclic amines) is 1. The van der Waals surface area contributed by atoms with Crippen LogP contribution in [0.1, 0.15) is 50.2 Å². The van der Waals surface area contributed by atoms with Crippen LogP contribution in [0.15, 0.2) is 10.7 Å². The minimum atomic E-state index is 0.262. The second-order valence-corrected chi connectivity index (χ2v) is 4.85. The molecule has 0 saturated carbocycles. The fourth-order valence-electron chi connectivity index (χ4n) is 2.38. The molecule has 0 aliphatic carbocycles. The summed E-state index contributed by atoms with van der Waals surface area (Å²) >= 11 is 0. The van der Waals surface area contributed by atoms with Crippen LogP contribution in [-0.4, -0.2) is 36.6 Å². The van der Waals surface area contributed by atoms with E-state index in [1.807, 2.05) is 7.05 Å². The lowest BCUT2D eigenvalue weighted by molar-refractivity contribution is 0.202. The lowest BCUT2D eigenvalue weighted by atomic mass is 9.98. The molecule has 2 unspecified atom stereocenters. The van der Waals surface area contributed by atoms with Crippen LogP contribution in [-0.2, 0) is 0 Å². The largest absolute Gasteiger partial charge is 0.448 e. The Labute approximate surface area is 103 Å². The molecule has 2 rings (SSSR count). The lowest BCUT2D eigenvalue weighted by Crippen LogP contribution is -2.34. The van der Waals surface area contributed by atoms with E-state index in [9.17, 15) is 0 Å². The highest BCUT2D eigenvalue weighted by atomic mass is 16.3. The second kappa shape index (κ2) is 5.65. The van der Waals surface area contributed by atoms with Crippen LogP contribution in [0.4, 0.5) is 0 Å². The summed E-state index contributed by atoms with van der Waals surface area (Å²) in [6.45, 7) is 7.74. The first-order chi connectivity index (χ1) is 8.24. The van der Waals surface area contributed by atoms with Gasteiger partial charge in [-0.15, -0.1) is 0 Å². The molecule has 4 nitrogen and oxygen atoms in total. The van der Waals surface area contributed by atoms with Crippen LogP contribution in [0.3, 0.4) is 0 Å². The molecule has 4 heteroatoms. The normalized spacial score (nSPS) is 23.8. The second-order valence-electron chi connectivity index (χ2n) is 4.85. The molecule has 0 aromatic carbocycles. The Kier molecular flexibility index (Phi) is 4.18. The standard InChI is InChI=1S/C13H23N3O/c1-4-16-7-5-6-11(8-16)13-15-12(9-17-13)10(2)14-3/h9-11,14H,4-8H2,1-3H3. The van der Waals surface area contributed by atoms with E-state index in [1.165, 1.54) is 19.4 Å². The molecule has 0 spiro atoms. The van der Waals surface area contributed by atoms with Gasteiger partial charge in [-0.2, -0.15) is 0 Å². The first-order valence-electron chi connectivity index (χ1n) is 6.59. The predicted octanol–water partition coefficient (Wildman–Crippen LogP) is 2.15. The van der Waals surface area contributed by atoms with Crippen LogP contribution < -0.4 is 5.32 Å². The minimum absolute atomic E-state index is 0.262. The molecule has 1 aliphatic rings. The van der Waals surface area contributed by atoms with E-state index in [0.29, 0.717) is 5.92 Å². The maximum absolute atomic E-state index is 5.64. The minimum Gasteiger partial charge on any atom is -0.448 e. The molecule has 1 aromatic heterocycles. The topological polar surface area (TPSA) is 41.3 Å².